The topological polar surface area (TPSA) is 84.2 Å². The third-order valence-corrected chi connectivity index (χ3v) is 5.28. The Morgan fingerprint density at radius 2 is 2.00 bits per heavy atom. The van der Waals surface area contributed by atoms with Gasteiger partial charge in [-0.1, -0.05) is 0 Å². The van der Waals surface area contributed by atoms with Crippen LogP contribution in [0, 0.1) is 0 Å². The molecule has 4 N–H and O–H groups in total. The second kappa shape index (κ2) is 5.26. The summed E-state index contributed by atoms with van der Waals surface area (Å²) in [6.45, 7) is 0. The van der Waals surface area contributed by atoms with Gasteiger partial charge in [-0.15, -0.1) is 0 Å². The molecule has 94 valence electrons. The summed E-state index contributed by atoms with van der Waals surface area (Å²) in [7, 11) is -3.40. The van der Waals surface area contributed by atoms with Crippen LogP contribution in [0.1, 0.15) is 6.42 Å². The first-order valence-corrected chi connectivity index (χ1v) is 7.92. The lowest BCUT2D eigenvalue weighted by Crippen LogP contribution is -2.34. The number of nitrogens with one attached hydrogen (secondary N) is 2. The number of nitrogens with two attached hydrogens (primary N) is 1. The molecule has 1 aliphatic heterocycles. The van der Waals surface area contributed by atoms with E-state index in [9.17, 15) is 8.42 Å². The minimum absolute atomic E-state index is 0.0531. The maximum Gasteiger partial charge on any atom is 0.240 e. The van der Waals surface area contributed by atoms with Gasteiger partial charge in [-0.25, -0.2) is 13.1 Å². The van der Waals surface area contributed by atoms with Gasteiger partial charge in [0.25, 0.3) is 0 Å². The fourth-order valence-corrected chi connectivity index (χ4v) is 4.17. The molecule has 1 aromatic carbocycles. The highest BCUT2D eigenvalue weighted by Gasteiger charge is 2.22. The lowest BCUT2D eigenvalue weighted by Gasteiger charge is -2.12. The van der Waals surface area contributed by atoms with Gasteiger partial charge in [-0.05, 0) is 36.4 Å². The Morgan fingerprint density at radius 3 is 2.53 bits per heavy atom. The van der Waals surface area contributed by atoms with E-state index in [-0.39, 0.29) is 10.9 Å². The third kappa shape index (κ3) is 3.12. The molecule has 1 heterocycles. The number of sulfonamides is 1. The van der Waals surface area contributed by atoms with Crippen molar-refractivity contribution in [2.75, 3.05) is 16.9 Å². The number of hydrogen-bond acceptors (Lipinski definition) is 5. The van der Waals surface area contributed by atoms with Crippen molar-refractivity contribution < 1.29 is 8.42 Å². The van der Waals surface area contributed by atoms with E-state index in [1.54, 1.807) is 36.0 Å². The van der Waals surface area contributed by atoms with Crippen LogP contribution in [0.4, 0.5) is 5.69 Å². The van der Waals surface area contributed by atoms with Crippen LogP contribution in [-0.2, 0) is 10.0 Å². The van der Waals surface area contributed by atoms with Crippen molar-refractivity contribution in [3.8, 4) is 0 Å². The molecule has 0 saturated carbocycles. The molecule has 2 rings (SSSR count). The molecule has 0 aliphatic carbocycles. The summed E-state index contributed by atoms with van der Waals surface area (Å²) in [5, 5.41) is 0. The maximum atomic E-state index is 12.0. The van der Waals surface area contributed by atoms with Gasteiger partial charge in [0, 0.05) is 17.5 Å². The van der Waals surface area contributed by atoms with Gasteiger partial charge in [0.05, 0.1) is 4.90 Å². The van der Waals surface area contributed by atoms with E-state index in [1.165, 1.54) is 0 Å². The number of hydrogen-bond donors (Lipinski definition) is 3. The smallest absolute Gasteiger partial charge is 0.240 e. The largest absolute Gasteiger partial charge is 0.324 e. The van der Waals surface area contributed by atoms with Gasteiger partial charge in [0.1, 0.15) is 0 Å². The molecular weight excluding hydrogens is 258 g/mol. The molecule has 1 unspecified atom stereocenters. The molecule has 1 aromatic rings. The van der Waals surface area contributed by atoms with Crippen LogP contribution in [0.5, 0.6) is 0 Å². The summed E-state index contributed by atoms with van der Waals surface area (Å²) in [6, 6.07) is 6.41. The fourth-order valence-electron chi connectivity index (χ4n) is 1.65. The van der Waals surface area contributed by atoms with Gasteiger partial charge in [0.15, 0.2) is 0 Å². The van der Waals surface area contributed by atoms with Crippen LogP contribution in [-0.4, -0.2) is 26.0 Å². The third-order valence-electron chi connectivity index (χ3n) is 2.58. The summed E-state index contributed by atoms with van der Waals surface area (Å²) in [6.07, 6.45) is 0.895. The molecular formula is C10H15N3O2S2. The molecule has 0 spiro atoms. The van der Waals surface area contributed by atoms with E-state index in [0.29, 0.717) is 5.69 Å². The summed E-state index contributed by atoms with van der Waals surface area (Å²) < 4.78 is 26.7. The zero-order valence-electron chi connectivity index (χ0n) is 9.22. The SMILES string of the molecule is NNc1ccc(S(=O)(=O)NC2CCSC2)cc1. The number of nitrogen functional groups attached to an aromatic ring is 1. The predicted octanol–water partition coefficient (Wildman–Crippen LogP) is 0.756. The van der Waals surface area contributed by atoms with Crippen molar-refractivity contribution in [3.63, 3.8) is 0 Å². The number of hydrazine groups is 1. The lowest BCUT2D eigenvalue weighted by molar-refractivity contribution is 0.563. The van der Waals surface area contributed by atoms with Crippen molar-refractivity contribution >= 4 is 27.5 Å². The average Bonchev–Trinajstić information content (AvgIpc) is 2.81. The normalized spacial score (nSPS) is 20.4. The quantitative estimate of drug-likeness (QED) is 0.557. The van der Waals surface area contributed by atoms with Gasteiger partial charge in [0.2, 0.25) is 10.0 Å². The van der Waals surface area contributed by atoms with E-state index in [2.05, 4.69) is 10.1 Å². The molecule has 0 amide bonds. The molecule has 7 heteroatoms. The van der Waals surface area contributed by atoms with Crippen molar-refractivity contribution in [2.45, 2.75) is 17.4 Å². The highest BCUT2D eigenvalue weighted by Crippen LogP contribution is 2.20. The highest BCUT2D eigenvalue weighted by molar-refractivity contribution is 7.99. The summed E-state index contributed by atoms with van der Waals surface area (Å²) >= 11 is 1.77. The zero-order valence-corrected chi connectivity index (χ0v) is 10.9. The molecule has 0 bridgehead atoms. The Hall–Kier alpha value is -0.760. The molecule has 1 aliphatic rings. The van der Waals surface area contributed by atoms with Crippen LogP contribution < -0.4 is 16.0 Å². The van der Waals surface area contributed by atoms with Crippen molar-refractivity contribution in [1.29, 1.82) is 0 Å². The number of anilines is 1. The summed E-state index contributed by atoms with van der Waals surface area (Å²) in [5.74, 6) is 7.09. The van der Waals surface area contributed by atoms with Crippen molar-refractivity contribution in [3.05, 3.63) is 24.3 Å². The first-order valence-electron chi connectivity index (χ1n) is 5.28. The number of thioether (sulfide) groups is 1. The Labute approximate surface area is 105 Å². The summed E-state index contributed by atoms with van der Waals surface area (Å²) in [4.78, 5) is 0.272. The van der Waals surface area contributed by atoms with E-state index in [1.807, 2.05) is 0 Å². The lowest BCUT2D eigenvalue weighted by atomic mass is 10.3. The second-order valence-corrected chi connectivity index (χ2v) is 6.71. The second-order valence-electron chi connectivity index (χ2n) is 3.85. The van der Waals surface area contributed by atoms with Crippen molar-refractivity contribution in [2.24, 2.45) is 5.84 Å². The first kappa shape index (κ1) is 12.7. The van der Waals surface area contributed by atoms with Crippen LogP contribution in [0.3, 0.4) is 0 Å². The molecule has 1 saturated heterocycles. The average molecular weight is 273 g/mol. The molecule has 1 atom stereocenters. The predicted molar refractivity (Wildman–Crippen MR) is 70.3 cm³/mol. The van der Waals surface area contributed by atoms with Gasteiger partial charge < -0.3 is 5.43 Å². The van der Waals surface area contributed by atoms with Gasteiger partial charge in [-0.2, -0.15) is 11.8 Å². The minimum Gasteiger partial charge on any atom is -0.324 e. The van der Waals surface area contributed by atoms with E-state index < -0.39 is 10.0 Å². The van der Waals surface area contributed by atoms with Gasteiger partial charge >= 0.3 is 0 Å². The number of rotatable bonds is 4. The van der Waals surface area contributed by atoms with Crippen molar-refractivity contribution in [1.82, 2.24) is 4.72 Å². The van der Waals surface area contributed by atoms with Gasteiger partial charge in [-0.3, -0.25) is 5.84 Å². The Bertz CT molecular complexity index is 467. The fraction of sp³-hybridized carbons (Fsp3) is 0.400. The molecule has 1 fully saturated rings. The molecule has 0 aromatic heterocycles. The Morgan fingerprint density at radius 1 is 1.29 bits per heavy atom. The number of benzene rings is 1. The summed E-state index contributed by atoms with van der Waals surface area (Å²) in [5.41, 5.74) is 3.14. The standard InChI is InChI=1S/C10H15N3O2S2/c11-12-8-1-3-10(4-2-8)17(14,15)13-9-5-6-16-7-9/h1-4,9,12-13H,5-7,11H2. The maximum absolute atomic E-state index is 12.0. The van der Waals surface area contributed by atoms with Crippen LogP contribution in [0.25, 0.3) is 0 Å². The zero-order chi connectivity index (χ0) is 12.3. The minimum atomic E-state index is -3.40. The Kier molecular flexibility index (Phi) is 3.93. The van der Waals surface area contributed by atoms with E-state index in [4.69, 9.17) is 5.84 Å². The van der Waals surface area contributed by atoms with Crippen LogP contribution in [0.15, 0.2) is 29.2 Å². The first-order chi connectivity index (χ1) is 8.12. The highest BCUT2D eigenvalue weighted by atomic mass is 32.2. The molecule has 0 radical (unpaired) electrons. The van der Waals surface area contributed by atoms with Crippen LogP contribution in [0.2, 0.25) is 0 Å². The molecule has 17 heavy (non-hydrogen) atoms. The monoisotopic (exact) mass is 273 g/mol. The van der Waals surface area contributed by atoms with E-state index >= 15 is 0 Å². The van der Waals surface area contributed by atoms with E-state index in [0.717, 1.165) is 17.9 Å². The van der Waals surface area contributed by atoms with Crippen LogP contribution >= 0.6 is 11.8 Å². The molecule has 5 nitrogen and oxygen atoms in total. The Balaban J connectivity index is 2.12.